The van der Waals surface area contributed by atoms with Gasteiger partial charge in [0.05, 0.1) is 41.2 Å². The number of hydrogen-bond donors (Lipinski definition) is 1. The number of halogens is 2. The Morgan fingerprint density at radius 2 is 1.35 bits per heavy atom. The fraction of sp³-hybridized carbons (Fsp3) is 0.692. The fourth-order valence-electron chi connectivity index (χ4n) is 8.47. The van der Waals surface area contributed by atoms with Gasteiger partial charge in [0, 0.05) is 44.9 Å². The number of nitrogens with zero attached hydrogens (tertiary/aromatic N) is 2. The van der Waals surface area contributed by atoms with E-state index in [1.165, 1.54) is 47.9 Å². The number of aliphatic hydroxyl groups excluding tert-OH is 1. The Kier molecular flexibility index (Phi) is 17.1. The van der Waals surface area contributed by atoms with Crippen molar-refractivity contribution in [2.75, 3.05) is 67.8 Å². The van der Waals surface area contributed by atoms with Crippen molar-refractivity contribution < 1.29 is 28.8 Å². The highest BCUT2D eigenvalue weighted by Crippen LogP contribution is 2.49. The van der Waals surface area contributed by atoms with Crippen LogP contribution in [-0.2, 0) is 17.6 Å². The molecule has 1 fully saturated rings. The summed E-state index contributed by atoms with van der Waals surface area (Å²) in [6.07, 6.45) is 10.8. The van der Waals surface area contributed by atoms with E-state index < -0.39 is 6.10 Å². The first kappa shape index (κ1) is 41.5. The number of hydrogen-bond acceptors (Lipinski definition) is 8. The van der Waals surface area contributed by atoms with Crippen LogP contribution in [0.25, 0.3) is 0 Å². The second kappa shape index (κ2) is 20.2. The molecule has 0 aliphatic carbocycles. The summed E-state index contributed by atoms with van der Waals surface area (Å²) in [7, 11) is 6.88. The van der Waals surface area contributed by atoms with Crippen molar-refractivity contribution in [2.45, 2.75) is 96.2 Å². The van der Waals surface area contributed by atoms with Gasteiger partial charge in [-0.15, -0.1) is 24.8 Å². The van der Waals surface area contributed by atoms with Gasteiger partial charge in [-0.2, -0.15) is 0 Å². The maximum absolute atomic E-state index is 11.2. The highest BCUT2D eigenvalue weighted by molar-refractivity contribution is 5.85. The van der Waals surface area contributed by atoms with Gasteiger partial charge in [0.1, 0.15) is 0 Å². The lowest BCUT2D eigenvalue weighted by Crippen LogP contribution is -2.48. The third-order valence-electron chi connectivity index (χ3n) is 11.1. The SMILES string of the molecule is CCCCCCCOCC(O)CN1CCc2cc(OC)c(OC)cc2[C@H]1C[C@H]1C[C@H]2c3cc(OC)c(OC)cc3CCN2C[C@@H]1CC.Cl.Cl. The predicted octanol–water partition coefficient (Wildman–Crippen LogP) is 7.85. The molecule has 2 aromatic carbocycles. The van der Waals surface area contributed by atoms with Gasteiger partial charge < -0.3 is 28.8 Å². The third kappa shape index (κ3) is 9.90. The highest BCUT2D eigenvalue weighted by atomic mass is 35.5. The Labute approximate surface area is 308 Å². The topological polar surface area (TPSA) is 72.9 Å². The summed E-state index contributed by atoms with van der Waals surface area (Å²) in [5.74, 6) is 4.33. The zero-order valence-corrected chi connectivity index (χ0v) is 32.3. The van der Waals surface area contributed by atoms with Crippen molar-refractivity contribution in [3.8, 4) is 23.0 Å². The molecule has 2 aromatic rings. The molecule has 1 N–H and O–H groups in total. The Bertz CT molecular complexity index is 1300. The lowest BCUT2D eigenvalue weighted by atomic mass is 9.72. The lowest BCUT2D eigenvalue weighted by molar-refractivity contribution is -0.00625. The molecule has 3 heterocycles. The van der Waals surface area contributed by atoms with Gasteiger partial charge >= 0.3 is 0 Å². The van der Waals surface area contributed by atoms with Gasteiger partial charge in [0.25, 0.3) is 0 Å². The van der Waals surface area contributed by atoms with E-state index in [1.807, 2.05) is 0 Å². The normalized spacial score (nSPS) is 22.4. The summed E-state index contributed by atoms with van der Waals surface area (Å²) in [4.78, 5) is 5.23. The second-order valence-electron chi connectivity index (χ2n) is 13.9. The largest absolute Gasteiger partial charge is 0.493 e. The Hall–Kier alpha value is -1.94. The number of rotatable bonds is 17. The van der Waals surface area contributed by atoms with Gasteiger partial charge in [-0.1, -0.05) is 46.0 Å². The lowest BCUT2D eigenvalue weighted by Gasteiger charge is -2.49. The summed E-state index contributed by atoms with van der Waals surface area (Å²) >= 11 is 0. The molecule has 10 heteroatoms. The molecule has 8 nitrogen and oxygen atoms in total. The number of aliphatic hydroxyl groups is 1. The molecule has 3 aliphatic heterocycles. The van der Waals surface area contributed by atoms with Crippen molar-refractivity contribution in [1.82, 2.24) is 9.80 Å². The van der Waals surface area contributed by atoms with Crippen LogP contribution in [0.2, 0.25) is 0 Å². The first-order valence-electron chi connectivity index (χ1n) is 18.2. The minimum Gasteiger partial charge on any atom is -0.493 e. The van der Waals surface area contributed by atoms with Crippen molar-refractivity contribution in [3.05, 3.63) is 46.5 Å². The van der Waals surface area contributed by atoms with E-state index in [4.69, 9.17) is 23.7 Å². The minimum absolute atomic E-state index is 0. The molecule has 0 saturated carbocycles. The van der Waals surface area contributed by atoms with Crippen LogP contribution < -0.4 is 18.9 Å². The van der Waals surface area contributed by atoms with Gasteiger partial charge in [-0.25, -0.2) is 0 Å². The molecule has 0 aromatic heterocycles. The number of fused-ring (bicyclic) bond motifs is 4. The molecule has 0 spiro atoms. The number of piperidine rings is 1. The first-order valence-corrected chi connectivity index (χ1v) is 18.2. The van der Waals surface area contributed by atoms with Crippen LogP contribution >= 0.6 is 24.8 Å². The molecule has 0 amide bonds. The predicted molar refractivity (Wildman–Crippen MR) is 202 cm³/mol. The zero-order chi connectivity index (χ0) is 33.3. The van der Waals surface area contributed by atoms with E-state index in [2.05, 4.69) is 47.9 Å². The quantitative estimate of drug-likeness (QED) is 0.166. The third-order valence-corrected chi connectivity index (χ3v) is 11.1. The molecule has 3 aliphatic rings. The van der Waals surface area contributed by atoms with Gasteiger partial charge in [-0.05, 0) is 90.5 Å². The standard InChI is InChI=1S/C39H60N2O6.2ClH/c1-7-9-10-11-12-17-47-26-31(42)25-41-16-14-29-21-37(44-4)39(46-6)23-33(29)35(41)19-30-18-34-32-22-38(45-5)36(43-3)20-28(32)13-15-40(34)24-27(30)8-2;;/h20-23,27,30-31,34-35,42H,7-19,24-26H2,1-6H3;2*1H/t27-,30+,31?,34-,35+;;/m0../s1. The summed E-state index contributed by atoms with van der Waals surface area (Å²) in [6, 6.07) is 9.35. The van der Waals surface area contributed by atoms with Crippen molar-refractivity contribution in [2.24, 2.45) is 11.8 Å². The molecule has 5 atom stereocenters. The zero-order valence-electron chi connectivity index (χ0n) is 30.7. The van der Waals surface area contributed by atoms with E-state index in [0.29, 0.717) is 31.0 Å². The number of β-amino-alcohol motifs (C(OH)–C–C–N with tert-alkyl or cyclic N) is 1. The van der Waals surface area contributed by atoms with Gasteiger partial charge in [0.2, 0.25) is 0 Å². The van der Waals surface area contributed by atoms with Crippen LogP contribution in [0.15, 0.2) is 24.3 Å². The summed E-state index contributed by atoms with van der Waals surface area (Å²) < 4.78 is 28.9. The minimum atomic E-state index is -0.522. The molecular formula is C39H62Cl2N2O6. The van der Waals surface area contributed by atoms with Crippen LogP contribution in [-0.4, -0.2) is 88.8 Å². The van der Waals surface area contributed by atoms with Crippen LogP contribution in [0.1, 0.15) is 99.6 Å². The van der Waals surface area contributed by atoms with Crippen molar-refractivity contribution in [3.63, 3.8) is 0 Å². The molecule has 278 valence electrons. The maximum atomic E-state index is 11.2. The molecular weight excluding hydrogens is 663 g/mol. The average molecular weight is 726 g/mol. The fourth-order valence-corrected chi connectivity index (χ4v) is 8.47. The number of benzene rings is 2. The highest BCUT2D eigenvalue weighted by Gasteiger charge is 2.41. The molecule has 0 bridgehead atoms. The first-order chi connectivity index (χ1) is 22.9. The maximum Gasteiger partial charge on any atom is 0.161 e. The molecule has 49 heavy (non-hydrogen) atoms. The number of methoxy groups -OCH3 is 4. The van der Waals surface area contributed by atoms with E-state index in [0.717, 1.165) is 87.8 Å². The molecule has 0 radical (unpaired) electrons. The van der Waals surface area contributed by atoms with Crippen LogP contribution in [0, 0.1) is 11.8 Å². The molecule has 1 saturated heterocycles. The summed E-state index contributed by atoms with van der Waals surface area (Å²) in [5.41, 5.74) is 5.41. The van der Waals surface area contributed by atoms with Crippen LogP contribution in [0.3, 0.4) is 0 Å². The monoisotopic (exact) mass is 724 g/mol. The molecule has 1 unspecified atom stereocenters. The van der Waals surface area contributed by atoms with Crippen LogP contribution in [0.4, 0.5) is 0 Å². The van der Waals surface area contributed by atoms with E-state index >= 15 is 0 Å². The average Bonchev–Trinajstić information content (AvgIpc) is 3.10. The Balaban J connectivity index is 0.00000325. The smallest absolute Gasteiger partial charge is 0.161 e. The van der Waals surface area contributed by atoms with Gasteiger partial charge in [-0.3, -0.25) is 9.80 Å². The van der Waals surface area contributed by atoms with E-state index in [9.17, 15) is 5.11 Å². The summed E-state index contributed by atoms with van der Waals surface area (Å²) in [5, 5.41) is 11.2. The van der Waals surface area contributed by atoms with Crippen molar-refractivity contribution in [1.29, 1.82) is 0 Å². The van der Waals surface area contributed by atoms with E-state index in [-0.39, 0.29) is 30.9 Å². The second-order valence-corrected chi connectivity index (χ2v) is 13.9. The Morgan fingerprint density at radius 1 is 0.755 bits per heavy atom. The summed E-state index contributed by atoms with van der Waals surface area (Å²) in [6.45, 7) is 9.40. The molecule has 5 rings (SSSR count). The van der Waals surface area contributed by atoms with Gasteiger partial charge in [0.15, 0.2) is 23.0 Å². The number of unbranched alkanes of at least 4 members (excludes halogenated alkanes) is 4. The Morgan fingerprint density at radius 3 is 1.98 bits per heavy atom. The van der Waals surface area contributed by atoms with Crippen LogP contribution in [0.5, 0.6) is 23.0 Å². The number of ether oxygens (including phenoxy) is 5. The van der Waals surface area contributed by atoms with E-state index in [1.54, 1.807) is 28.4 Å². The van der Waals surface area contributed by atoms with Crippen molar-refractivity contribution >= 4 is 24.8 Å².